The van der Waals surface area contributed by atoms with Crippen LogP contribution in [-0.2, 0) is 0 Å². The van der Waals surface area contributed by atoms with E-state index in [0.717, 1.165) is 29.6 Å². The third-order valence-electron chi connectivity index (χ3n) is 7.31. The minimum absolute atomic E-state index is 0.658. The van der Waals surface area contributed by atoms with E-state index in [9.17, 15) is 0 Å². The molecule has 0 aromatic rings. The first kappa shape index (κ1) is 13.7. The van der Waals surface area contributed by atoms with Crippen molar-refractivity contribution < 1.29 is 0 Å². The molecule has 6 atom stereocenters. The maximum atomic E-state index is 4.39. The van der Waals surface area contributed by atoms with Crippen molar-refractivity contribution in [3.63, 3.8) is 0 Å². The van der Waals surface area contributed by atoms with E-state index < -0.39 is 0 Å². The Labute approximate surface area is 120 Å². The summed E-state index contributed by atoms with van der Waals surface area (Å²) in [7, 11) is 0. The standard InChI is InChI=1S/C19H32/c1-13-7-9-18-16(12-15(13)3)8-10-17-14(2)6-5-11-19(17,18)4/h13-14,16-18H,3,5-12H2,1-2,4H3/t13-,14?,16?,17+,18+,19+/m0/s1. The van der Waals surface area contributed by atoms with Crippen LogP contribution in [0.2, 0.25) is 0 Å². The molecule has 3 rings (SSSR count). The molecule has 0 radical (unpaired) electrons. The first-order chi connectivity index (χ1) is 9.02. The van der Waals surface area contributed by atoms with E-state index in [1.165, 1.54) is 51.4 Å². The van der Waals surface area contributed by atoms with Crippen molar-refractivity contribution in [1.29, 1.82) is 0 Å². The van der Waals surface area contributed by atoms with Crippen molar-refractivity contribution in [2.45, 2.75) is 72.1 Å². The third kappa shape index (κ3) is 2.20. The zero-order chi connectivity index (χ0) is 13.6. The lowest BCUT2D eigenvalue weighted by molar-refractivity contribution is -0.0622. The molecule has 0 bridgehead atoms. The van der Waals surface area contributed by atoms with Crippen LogP contribution >= 0.6 is 0 Å². The van der Waals surface area contributed by atoms with E-state index in [1.807, 2.05) is 0 Å². The highest BCUT2D eigenvalue weighted by Gasteiger charge is 2.51. The van der Waals surface area contributed by atoms with Gasteiger partial charge in [0.2, 0.25) is 0 Å². The van der Waals surface area contributed by atoms with Crippen LogP contribution < -0.4 is 0 Å². The highest BCUT2D eigenvalue weighted by Crippen LogP contribution is 2.60. The molecule has 0 aromatic carbocycles. The summed E-state index contributed by atoms with van der Waals surface area (Å²) < 4.78 is 0. The van der Waals surface area contributed by atoms with Gasteiger partial charge < -0.3 is 0 Å². The van der Waals surface area contributed by atoms with Crippen LogP contribution in [0.4, 0.5) is 0 Å². The van der Waals surface area contributed by atoms with Gasteiger partial charge in [0.1, 0.15) is 0 Å². The van der Waals surface area contributed by atoms with Crippen molar-refractivity contribution in [2.75, 3.05) is 0 Å². The van der Waals surface area contributed by atoms with Crippen LogP contribution in [0.1, 0.15) is 72.1 Å². The molecular formula is C19H32. The molecule has 19 heavy (non-hydrogen) atoms. The average molecular weight is 260 g/mol. The van der Waals surface area contributed by atoms with Gasteiger partial charge in [0.15, 0.2) is 0 Å². The maximum Gasteiger partial charge on any atom is -0.0234 e. The highest BCUT2D eigenvalue weighted by atomic mass is 14.6. The van der Waals surface area contributed by atoms with Gasteiger partial charge in [0.05, 0.1) is 0 Å². The Morgan fingerprint density at radius 3 is 2.53 bits per heavy atom. The van der Waals surface area contributed by atoms with Gasteiger partial charge in [-0.2, -0.15) is 0 Å². The molecule has 0 saturated heterocycles. The van der Waals surface area contributed by atoms with Gasteiger partial charge in [-0.15, -0.1) is 0 Å². The van der Waals surface area contributed by atoms with E-state index in [2.05, 4.69) is 27.4 Å². The predicted octanol–water partition coefficient (Wildman–Crippen LogP) is 5.83. The van der Waals surface area contributed by atoms with Crippen LogP contribution in [0.5, 0.6) is 0 Å². The van der Waals surface area contributed by atoms with Crippen molar-refractivity contribution in [3.05, 3.63) is 12.2 Å². The van der Waals surface area contributed by atoms with Crippen molar-refractivity contribution in [3.8, 4) is 0 Å². The minimum Gasteiger partial charge on any atom is -0.0996 e. The summed E-state index contributed by atoms with van der Waals surface area (Å²) in [6, 6.07) is 0. The van der Waals surface area contributed by atoms with Crippen LogP contribution in [-0.4, -0.2) is 0 Å². The zero-order valence-electron chi connectivity index (χ0n) is 13.3. The molecule has 0 heterocycles. The lowest BCUT2D eigenvalue weighted by atomic mass is 9.49. The molecule has 3 aliphatic rings. The summed E-state index contributed by atoms with van der Waals surface area (Å²) >= 11 is 0. The van der Waals surface area contributed by atoms with E-state index >= 15 is 0 Å². The first-order valence-corrected chi connectivity index (χ1v) is 8.70. The summed E-state index contributed by atoms with van der Waals surface area (Å²) in [6.07, 6.45) is 11.7. The average Bonchev–Trinajstić information content (AvgIpc) is 2.50. The van der Waals surface area contributed by atoms with Gasteiger partial charge >= 0.3 is 0 Å². The largest absolute Gasteiger partial charge is 0.0996 e. The number of hydrogen-bond donors (Lipinski definition) is 0. The van der Waals surface area contributed by atoms with Crippen molar-refractivity contribution >= 4 is 0 Å². The van der Waals surface area contributed by atoms with Crippen LogP contribution in [0, 0.1) is 35.0 Å². The molecule has 0 aromatic heterocycles. The van der Waals surface area contributed by atoms with E-state index in [4.69, 9.17) is 0 Å². The molecule has 0 nitrogen and oxygen atoms in total. The third-order valence-corrected chi connectivity index (χ3v) is 7.31. The van der Waals surface area contributed by atoms with Gasteiger partial charge in [-0.3, -0.25) is 0 Å². The van der Waals surface area contributed by atoms with E-state index in [0.29, 0.717) is 5.41 Å². The van der Waals surface area contributed by atoms with Gasteiger partial charge in [0, 0.05) is 0 Å². The monoisotopic (exact) mass is 260 g/mol. The van der Waals surface area contributed by atoms with Crippen molar-refractivity contribution in [2.24, 2.45) is 35.0 Å². The molecule has 3 saturated carbocycles. The lowest BCUT2D eigenvalue weighted by Gasteiger charge is -2.56. The number of fused-ring (bicyclic) bond motifs is 3. The second-order valence-electron chi connectivity index (χ2n) is 8.27. The Hall–Kier alpha value is -0.260. The Morgan fingerprint density at radius 1 is 1.00 bits per heavy atom. The topological polar surface area (TPSA) is 0 Å². The van der Waals surface area contributed by atoms with Crippen LogP contribution in [0.3, 0.4) is 0 Å². The smallest absolute Gasteiger partial charge is 0.0234 e. The molecule has 0 heteroatoms. The van der Waals surface area contributed by atoms with Gasteiger partial charge in [0.25, 0.3) is 0 Å². The first-order valence-electron chi connectivity index (χ1n) is 8.70. The SMILES string of the molecule is C=C1CC2CC[C@@H]3C(C)CCC[C@@]3(C)[C@@H]2CC[C@@H]1C. The summed E-state index contributed by atoms with van der Waals surface area (Å²) in [5, 5.41) is 0. The zero-order valence-corrected chi connectivity index (χ0v) is 13.3. The lowest BCUT2D eigenvalue weighted by Crippen LogP contribution is -2.47. The maximum absolute atomic E-state index is 4.39. The summed E-state index contributed by atoms with van der Waals surface area (Å²) in [4.78, 5) is 0. The summed E-state index contributed by atoms with van der Waals surface area (Å²) in [5.74, 6) is 4.72. The Bertz CT molecular complexity index is 355. The molecular weight excluding hydrogens is 228 g/mol. The van der Waals surface area contributed by atoms with Gasteiger partial charge in [-0.25, -0.2) is 0 Å². The molecule has 2 unspecified atom stereocenters. The van der Waals surface area contributed by atoms with Gasteiger partial charge in [-0.05, 0) is 73.5 Å². The molecule has 0 N–H and O–H groups in total. The molecule has 3 fully saturated rings. The van der Waals surface area contributed by atoms with Crippen molar-refractivity contribution in [1.82, 2.24) is 0 Å². The fourth-order valence-electron chi connectivity index (χ4n) is 6.03. The Balaban J connectivity index is 1.87. The summed E-state index contributed by atoms with van der Waals surface area (Å²) in [6.45, 7) is 12.0. The molecule has 0 spiro atoms. The quantitative estimate of drug-likeness (QED) is 0.481. The second kappa shape index (κ2) is 4.93. The second-order valence-corrected chi connectivity index (χ2v) is 8.27. The number of allylic oxidation sites excluding steroid dienone is 1. The van der Waals surface area contributed by atoms with Gasteiger partial charge in [-0.1, -0.05) is 45.8 Å². The molecule has 3 aliphatic carbocycles. The number of hydrogen-bond acceptors (Lipinski definition) is 0. The minimum atomic E-state index is 0.658. The fourth-order valence-corrected chi connectivity index (χ4v) is 6.03. The van der Waals surface area contributed by atoms with E-state index in [1.54, 1.807) is 5.57 Å². The van der Waals surface area contributed by atoms with Crippen LogP contribution in [0.15, 0.2) is 12.2 Å². The number of rotatable bonds is 0. The van der Waals surface area contributed by atoms with Crippen LogP contribution in [0.25, 0.3) is 0 Å². The summed E-state index contributed by atoms with van der Waals surface area (Å²) in [5.41, 5.74) is 2.21. The highest BCUT2D eigenvalue weighted by molar-refractivity contribution is 5.09. The van der Waals surface area contributed by atoms with E-state index in [-0.39, 0.29) is 0 Å². The fraction of sp³-hybridized carbons (Fsp3) is 0.895. The predicted molar refractivity (Wildman–Crippen MR) is 83.0 cm³/mol. The Kier molecular flexibility index (Phi) is 3.56. The molecule has 0 amide bonds. The molecule has 0 aliphatic heterocycles. The Morgan fingerprint density at radius 2 is 1.74 bits per heavy atom. The normalized spacial score (nSPS) is 51.1. The molecule has 108 valence electrons.